The van der Waals surface area contributed by atoms with Crippen molar-refractivity contribution in [2.75, 3.05) is 38.0 Å². The Morgan fingerprint density at radius 3 is 2.18 bits per heavy atom. The first-order valence-electron chi connectivity index (χ1n) is 9.75. The summed E-state index contributed by atoms with van der Waals surface area (Å²) in [6, 6.07) is 5.71. The van der Waals surface area contributed by atoms with Gasteiger partial charge in [0.2, 0.25) is 0 Å². The molecule has 0 radical (unpaired) electrons. The fourth-order valence-electron chi connectivity index (χ4n) is 3.69. The Balaban J connectivity index is 1.74. The van der Waals surface area contributed by atoms with Crippen molar-refractivity contribution < 1.29 is 9.59 Å². The fraction of sp³-hybridized carbons (Fsp3) is 0.409. The number of anilines is 1. The number of hydrogen-bond acceptors (Lipinski definition) is 4. The molecule has 2 aromatic rings. The number of amides is 2. The summed E-state index contributed by atoms with van der Waals surface area (Å²) in [5.41, 5.74) is 4.83. The second-order valence-corrected chi connectivity index (χ2v) is 7.42. The van der Waals surface area contributed by atoms with Gasteiger partial charge in [0.25, 0.3) is 11.8 Å². The van der Waals surface area contributed by atoms with Crippen LogP contribution >= 0.6 is 0 Å². The molecule has 1 N–H and O–H groups in total. The van der Waals surface area contributed by atoms with Gasteiger partial charge in [-0.25, -0.2) is 0 Å². The number of aromatic nitrogens is 1. The number of piperazine rings is 1. The molecule has 1 aromatic carbocycles. The molecule has 148 valence electrons. The number of aryl methyl sites for hydroxylation is 3. The molecule has 28 heavy (non-hydrogen) atoms. The van der Waals surface area contributed by atoms with Crippen molar-refractivity contribution in [1.82, 2.24) is 14.8 Å². The van der Waals surface area contributed by atoms with E-state index in [0.717, 1.165) is 42.0 Å². The molecule has 1 saturated heterocycles. The fourth-order valence-corrected chi connectivity index (χ4v) is 3.69. The van der Waals surface area contributed by atoms with Gasteiger partial charge in [-0.3, -0.25) is 14.6 Å². The molecule has 3 rings (SSSR count). The first kappa shape index (κ1) is 20.0. The van der Waals surface area contributed by atoms with E-state index in [9.17, 15) is 9.59 Å². The highest BCUT2D eigenvalue weighted by molar-refractivity contribution is 6.06. The maximum atomic E-state index is 12.8. The molecule has 0 saturated carbocycles. The minimum Gasteiger partial charge on any atom is -0.336 e. The minimum atomic E-state index is -0.256. The van der Waals surface area contributed by atoms with Gasteiger partial charge in [-0.05, 0) is 44.5 Å². The van der Waals surface area contributed by atoms with Gasteiger partial charge in [-0.1, -0.05) is 24.6 Å². The van der Waals surface area contributed by atoms with Gasteiger partial charge in [-0.15, -0.1) is 0 Å². The van der Waals surface area contributed by atoms with Crippen LogP contribution in [0.5, 0.6) is 0 Å². The normalized spacial score (nSPS) is 14.8. The summed E-state index contributed by atoms with van der Waals surface area (Å²) < 4.78 is 0. The molecular formula is C22H28N4O2. The predicted octanol–water partition coefficient (Wildman–Crippen LogP) is 3.04. The van der Waals surface area contributed by atoms with Crippen molar-refractivity contribution in [3.05, 3.63) is 58.4 Å². The zero-order valence-electron chi connectivity index (χ0n) is 17.1. The van der Waals surface area contributed by atoms with E-state index in [2.05, 4.69) is 22.1 Å². The number of carbonyl (C=O) groups is 2. The highest BCUT2D eigenvalue weighted by Crippen LogP contribution is 2.22. The quantitative estimate of drug-likeness (QED) is 0.885. The Labute approximate surface area is 166 Å². The van der Waals surface area contributed by atoms with Crippen LogP contribution < -0.4 is 5.32 Å². The van der Waals surface area contributed by atoms with Gasteiger partial charge in [0.15, 0.2) is 0 Å². The SMILES string of the molecule is CCN1CCN(C(=O)c2cncc(C(=O)Nc3c(C)cc(C)cc3C)c2)CC1. The lowest BCUT2D eigenvalue weighted by molar-refractivity contribution is 0.0643. The number of carbonyl (C=O) groups excluding carboxylic acids is 2. The van der Waals surface area contributed by atoms with E-state index in [1.165, 1.54) is 12.4 Å². The van der Waals surface area contributed by atoms with E-state index in [1.54, 1.807) is 6.07 Å². The van der Waals surface area contributed by atoms with Crippen molar-refractivity contribution in [2.45, 2.75) is 27.7 Å². The largest absolute Gasteiger partial charge is 0.336 e. The van der Waals surface area contributed by atoms with Crippen LogP contribution in [0.3, 0.4) is 0 Å². The van der Waals surface area contributed by atoms with Crippen molar-refractivity contribution in [3.8, 4) is 0 Å². The number of hydrogen-bond donors (Lipinski definition) is 1. The van der Waals surface area contributed by atoms with E-state index in [-0.39, 0.29) is 11.8 Å². The lowest BCUT2D eigenvalue weighted by atomic mass is 10.0. The Kier molecular flexibility index (Phi) is 6.09. The number of benzene rings is 1. The smallest absolute Gasteiger partial charge is 0.257 e. The molecule has 1 aliphatic rings. The zero-order chi connectivity index (χ0) is 20.3. The number of likely N-dealkylation sites (N-methyl/N-ethyl adjacent to an activating group) is 1. The average molecular weight is 380 g/mol. The lowest BCUT2D eigenvalue weighted by Crippen LogP contribution is -2.48. The molecule has 6 heteroatoms. The molecule has 0 bridgehead atoms. The topological polar surface area (TPSA) is 65.5 Å². The van der Waals surface area contributed by atoms with Crippen LogP contribution in [0.1, 0.15) is 44.3 Å². The third-order valence-electron chi connectivity index (χ3n) is 5.27. The molecule has 0 atom stereocenters. The standard InChI is InChI=1S/C22H28N4O2/c1-5-25-6-8-26(9-7-25)22(28)19-12-18(13-23-14-19)21(27)24-20-16(3)10-15(2)11-17(20)4/h10-14H,5-9H2,1-4H3,(H,24,27). The Morgan fingerprint density at radius 1 is 0.964 bits per heavy atom. The molecule has 1 aromatic heterocycles. The number of pyridine rings is 1. The van der Waals surface area contributed by atoms with Crippen molar-refractivity contribution in [2.24, 2.45) is 0 Å². The number of nitrogens with zero attached hydrogens (tertiary/aromatic N) is 3. The molecule has 0 spiro atoms. The molecule has 2 amide bonds. The van der Waals surface area contributed by atoms with Gasteiger partial charge in [0, 0.05) is 44.3 Å². The summed E-state index contributed by atoms with van der Waals surface area (Å²) in [5, 5.41) is 2.97. The van der Waals surface area contributed by atoms with Gasteiger partial charge in [0.1, 0.15) is 0 Å². The summed E-state index contributed by atoms with van der Waals surface area (Å²) in [5.74, 6) is -0.325. The highest BCUT2D eigenvalue weighted by Gasteiger charge is 2.22. The van der Waals surface area contributed by atoms with E-state index < -0.39 is 0 Å². The Bertz CT molecular complexity index is 863. The maximum Gasteiger partial charge on any atom is 0.257 e. The van der Waals surface area contributed by atoms with Gasteiger partial charge in [-0.2, -0.15) is 0 Å². The lowest BCUT2D eigenvalue weighted by Gasteiger charge is -2.34. The summed E-state index contributed by atoms with van der Waals surface area (Å²) in [4.78, 5) is 33.8. The monoisotopic (exact) mass is 380 g/mol. The van der Waals surface area contributed by atoms with Crippen molar-refractivity contribution >= 4 is 17.5 Å². The van der Waals surface area contributed by atoms with Crippen LogP contribution in [0.4, 0.5) is 5.69 Å². The minimum absolute atomic E-state index is 0.0689. The summed E-state index contributed by atoms with van der Waals surface area (Å²) in [6.45, 7) is 12.3. The molecule has 2 heterocycles. The first-order valence-corrected chi connectivity index (χ1v) is 9.75. The molecule has 0 aliphatic carbocycles. The van der Waals surface area contributed by atoms with Crippen LogP contribution in [0.2, 0.25) is 0 Å². The molecular weight excluding hydrogens is 352 g/mol. The van der Waals surface area contributed by atoms with E-state index in [0.29, 0.717) is 24.2 Å². The van der Waals surface area contributed by atoms with E-state index in [1.807, 2.05) is 37.8 Å². The van der Waals surface area contributed by atoms with Crippen LogP contribution in [-0.2, 0) is 0 Å². The Morgan fingerprint density at radius 2 is 1.57 bits per heavy atom. The second-order valence-electron chi connectivity index (χ2n) is 7.42. The van der Waals surface area contributed by atoms with Gasteiger partial charge < -0.3 is 15.1 Å². The van der Waals surface area contributed by atoms with Crippen molar-refractivity contribution in [3.63, 3.8) is 0 Å². The van der Waals surface area contributed by atoms with Crippen LogP contribution in [-0.4, -0.2) is 59.3 Å². The predicted molar refractivity (Wildman–Crippen MR) is 111 cm³/mol. The summed E-state index contributed by atoms with van der Waals surface area (Å²) in [6.07, 6.45) is 3.04. The zero-order valence-corrected chi connectivity index (χ0v) is 17.1. The van der Waals surface area contributed by atoms with E-state index >= 15 is 0 Å². The first-order chi connectivity index (χ1) is 13.4. The second kappa shape index (κ2) is 8.52. The van der Waals surface area contributed by atoms with Crippen LogP contribution in [0, 0.1) is 20.8 Å². The van der Waals surface area contributed by atoms with Crippen LogP contribution in [0.15, 0.2) is 30.6 Å². The highest BCUT2D eigenvalue weighted by atomic mass is 16.2. The van der Waals surface area contributed by atoms with Crippen molar-refractivity contribution in [1.29, 1.82) is 0 Å². The average Bonchev–Trinajstić information content (AvgIpc) is 2.70. The molecule has 1 fully saturated rings. The summed E-state index contributed by atoms with van der Waals surface area (Å²) >= 11 is 0. The third kappa shape index (κ3) is 4.39. The third-order valence-corrected chi connectivity index (χ3v) is 5.27. The van der Waals surface area contributed by atoms with Gasteiger partial charge >= 0.3 is 0 Å². The van der Waals surface area contributed by atoms with Crippen LogP contribution in [0.25, 0.3) is 0 Å². The van der Waals surface area contributed by atoms with Gasteiger partial charge in [0.05, 0.1) is 11.1 Å². The maximum absolute atomic E-state index is 12.8. The molecule has 6 nitrogen and oxygen atoms in total. The number of rotatable bonds is 4. The molecule has 0 unspecified atom stereocenters. The Hall–Kier alpha value is -2.73. The number of nitrogens with one attached hydrogen (secondary N) is 1. The van der Waals surface area contributed by atoms with E-state index in [4.69, 9.17) is 0 Å². The summed E-state index contributed by atoms with van der Waals surface area (Å²) in [7, 11) is 0. The molecule has 1 aliphatic heterocycles.